The summed E-state index contributed by atoms with van der Waals surface area (Å²) in [5, 5.41) is 0. The van der Waals surface area contributed by atoms with Gasteiger partial charge >= 0.3 is 11.9 Å². The number of cyclic esters (lactones) is 1. The van der Waals surface area contributed by atoms with E-state index in [4.69, 9.17) is 18.9 Å². The van der Waals surface area contributed by atoms with Crippen molar-refractivity contribution in [2.75, 3.05) is 20.8 Å². The van der Waals surface area contributed by atoms with Gasteiger partial charge in [0, 0.05) is 6.42 Å². The summed E-state index contributed by atoms with van der Waals surface area (Å²) in [5.74, 6) is -0.163. The third kappa shape index (κ3) is 2.78. The average Bonchev–Trinajstić information content (AvgIpc) is 2.83. The molecule has 0 aliphatic carbocycles. The third-order valence-corrected chi connectivity index (χ3v) is 2.76. The molecule has 1 aliphatic rings. The second kappa shape index (κ2) is 5.60. The molecule has 6 heteroatoms. The summed E-state index contributed by atoms with van der Waals surface area (Å²) in [6, 6.07) is 4.65. The molecular formula is C13H14O6. The van der Waals surface area contributed by atoms with Gasteiger partial charge in [-0.2, -0.15) is 0 Å². The second-order valence-corrected chi connectivity index (χ2v) is 3.92. The Morgan fingerprint density at radius 3 is 2.58 bits per heavy atom. The highest BCUT2D eigenvalue weighted by molar-refractivity contribution is 5.92. The lowest BCUT2D eigenvalue weighted by Crippen LogP contribution is -2.22. The number of esters is 2. The Hall–Kier alpha value is -2.24. The monoisotopic (exact) mass is 266 g/mol. The Bertz CT molecular complexity index is 496. The molecule has 1 saturated heterocycles. The van der Waals surface area contributed by atoms with E-state index in [-0.39, 0.29) is 12.2 Å². The van der Waals surface area contributed by atoms with Crippen LogP contribution in [0.2, 0.25) is 0 Å². The standard InChI is InChI=1S/C13H14O6/c1-16-9-4-3-8(7-11(9)17-2)12(14)19-10-5-6-18-13(10)15/h3-4,7,10H,5-6H2,1-2H3/t10-/m0/s1. The number of benzene rings is 1. The van der Waals surface area contributed by atoms with Crippen LogP contribution in [0, 0.1) is 0 Å². The fourth-order valence-electron chi connectivity index (χ4n) is 1.74. The first-order valence-electron chi connectivity index (χ1n) is 5.75. The summed E-state index contributed by atoms with van der Waals surface area (Å²) in [6.07, 6.45) is -0.432. The van der Waals surface area contributed by atoms with Crippen LogP contribution in [0.5, 0.6) is 11.5 Å². The van der Waals surface area contributed by atoms with E-state index in [1.165, 1.54) is 20.3 Å². The van der Waals surface area contributed by atoms with E-state index in [2.05, 4.69) is 0 Å². The molecule has 0 radical (unpaired) electrons. The maximum absolute atomic E-state index is 11.9. The number of carbonyl (C=O) groups is 2. The first-order valence-corrected chi connectivity index (χ1v) is 5.75. The van der Waals surface area contributed by atoms with Crippen molar-refractivity contribution in [3.05, 3.63) is 23.8 Å². The van der Waals surface area contributed by atoms with Crippen LogP contribution in [-0.4, -0.2) is 38.9 Å². The minimum Gasteiger partial charge on any atom is -0.493 e. The molecule has 0 N–H and O–H groups in total. The molecule has 6 nitrogen and oxygen atoms in total. The van der Waals surface area contributed by atoms with Crippen molar-refractivity contribution in [3.8, 4) is 11.5 Å². The van der Waals surface area contributed by atoms with E-state index in [1.807, 2.05) is 0 Å². The molecule has 0 bridgehead atoms. The zero-order chi connectivity index (χ0) is 13.8. The van der Waals surface area contributed by atoms with Gasteiger partial charge in [-0.15, -0.1) is 0 Å². The van der Waals surface area contributed by atoms with E-state index < -0.39 is 18.0 Å². The maximum Gasteiger partial charge on any atom is 0.347 e. The quantitative estimate of drug-likeness (QED) is 0.762. The van der Waals surface area contributed by atoms with Crippen molar-refractivity contribution in [2.45, 2.75) is 12.5 Å². The number of carbonyl (C=O) groups excluding carboxylic acids is 2. The van der Waals surface area contributed by atoms with Crippen molar-refractivity contribution in [1.29, 1.82) is 0 Å². The smallest absolute Gasteiger partial charge is 0.347 e. The molecule has 0 aromatic heterocycles. The molecule has 102 valence electrons. The van der Waals surface area contributed by atoms with Gasteiger partial charge < -0.3 is 18.9 Å². The van der Waals surface area contributed by atoms with Gasteiger partial charge in [-0.1, -0.05) is 0 Å². The zero-order valence-electron chi connectivity index (χ0n) is 10.7. The molecular weight excluding hydrogens is 252 g/mol. The lowest BCUT2D eigenvalue weighted by molar-refractivity contribution is -0.145. The van der Waals surface area contributed by atoms with Crippen LogP contribution in [0.15, 0.2) is 18.2 Å². The van der Waals surface area contributed by atoms with Crippen LogP contribution in [0.3, 0.4) is 0 Å². The zero-order valence-corrected chi connectivity index (χ0v) is 10.7. The molecule has 0 saturated carbocycles. The fourth-order valence-corrected chi connectivity index (χ4v) is 1.74. The number of hydrogen-bond donors (Lipinski definition) is 0. The molecule has 0 unspecified atom stereocenters. The van der Waals surface area contributed by atoms with Gasteiger partial charge in [0.1, 0.15) is 0 Å². The Balaban J connectivity index is 2.12. The largest absolute Gasteiger partial charge is 0.493 e. The lowest BCUT2D eigenvalue weighted by Gasteiger charge is -2.11. The summed E-state index contributed by atoms with van der Waals surface area (Å²) in [4.78, 5) is 23.1. The Morgan fingerprint density at radius 2 is 2.00 bits per heavy atom. The first kappa shape index (κ1) is 13.2. The van der Waals surface area contributed by atoms with Crippen molar-refractivity contribution < 1.29 is 28.5 Å². The second-order valence-electron chi connectivity index (χ2n) is 3.92. The highest BCUT2D eigenvalue weighted by Crippen LogP contribution is 2.28. The van der Waals surface area contributed by atoms with E-state index in [1.54, 1.807) is 12.1 Å². The normalized spacial score (nSPS) is 17.8. The predicted molar refractivity (Wildman–Crippen MR) is 64.3 cm³/mol. The summed E-state index contributed by atoms with van der Waals surface area (Å²) in [7, 11) is 2.98. The van der Waals surface area contributed by atoms with Crippen LogP contribution in [-0.2, 0) is 14.3 Å². The van der Waals surface area contributed by atoms with Crippen LogP contribution in [0.25, 0.3) is 0 Å². The summed E-state index contributed by atoms with van der Waals surface area (Å²) in [5.41, 5.74) is 0.289. The van der Waals surface area contributed by atoms with Crippen LogP contribution < -0.4 is 9.47 Å². The molecule has 2 rings (SSSR count). The molecule has 1 aromatic rings. The van der Waals surface area contributed by atoms with Crippen molar-refractivity contribution >= 4 is 11.9 Å². The Morgan fingerprint density at radius 1 is 1.26 bits per heavy atom. The molecule has 1 heterocycles. The number of ether oxygens (including phenoxy) is 4. The van der Waals surface area contributed by atoms with Gasteiger partial charge in [-0.3, -0.25) is 0 Å². The Labute approximate surface area is 110 Å². The summed E-state index contributed by atoms with van der Waals surface area (Å²) in [6.45, 7) is 0.280. The number of rotatable bonds is 4. The van der Waals surface area contributed by atoms with Crippen molar-refractivity contribution in [2.24, 2.45) is 0 Å². The van der Waals surface area contributed by atoms with Crippen LogP contribution in [0.1, 0.15) is 16.8 Å². The number of methoxy groups -OCH3 is 2. The average molecular weight is 266 g/mol. The molecule has 1 fully saturated rings. The molecule has 1 aliphatic heterocycles. The minimum atomic E-state index is -0.819. The molecule has 1 aromatic carbocycles. The predicted octanol–water partition coefficient (Wildman–Crippen LogP) is 1.18. The molecule has 0 spiro atoms. The van der Waals surface area contributed by atoms with Gasteiger partial charge in [0.25, 0.3) is 0 Å². The highest BCUT2D eigenvalue weighted by Gasteiger charge is 2.30. The SMILES string of the molecule is COc1ccc(C(=O)O[C@H]2CCOC2=O)cc1OC. The lowest BCUT2D eigenvalue weighted by atomic mass is 10.2. The Kier molecular flexibility index (Phi) is 3.89. The van der Waals surface area contributed by atoms with Gasteiger partial charge in [0.05, 0.1) is 26.4 Å². The third-order valence-electron chi connectivity index (χ3n) is 2.76. The molecule has 19 heavy (non-hydrogen) atoms. The summed E-state index contributed by atoms with van der Waals surface area (Å²) < 4.78 is 20.0. The summed E-state index contributed by atoms with van der Waals surface area (Å²) >= 11 is 0. The van der Waals surface area contributed by atoms with E-state index in [9.17, 15) is 9.59 Å². The molecule has 0 amide bonds. The molecule has 1 atom stereocenters. The van der Waals surface area contributed by atoms with E-state index in [0.29, 0.717) is 17.9 Å². The maximum atomic E-state index is 11.9. The van der Waals surface area contributed by atoms with Gasteiger partial charge in [0.2, 0.25) is 6.10 Å². The highest BCUT2D eigenvalue weighted by atomic mass is 16.6. The van der Waals surface area contributed by atoms with Gasteiger partial charge in [-0.25, -0.2) is 9.59 Å². The number of hydrogen-bond acceptors (Lipinski definition) is 6. The van der Waals surface area contributed by atoms with E-state index >= 15 is 0 Å². The topological polar surface area (TPSA) is 71.1 Å². The minimum absolute atomic E-state index is 0.280. The van der Waals surface area contributed by atoms with Crippen LogP contribution in [0.4, 0.5) is 0 Å². The van der Waals surface area contributed by atoms with E-state index in [0.717, 1.165) is 0 Å². The van der Waals surface area contributed by atoms with Gasteiger partial charge in [-0.05, 0) is 18.2 Å². The fraction of sp³-hybridized carbons (Fsp3) is 0.385. The van der Waals surface area contributed by atoms with Crippen LogP contribution >= 0.6 is 0 Å². The van der Waals surface area contributed by atoms with Gasteiger partial charge in [0.15, 0.2) is 11.5 Å². The van der Waals surface area contributed by atoms with Crippen molar-refractivity contribution in [1.82, 2.24) is 0 Å². The van der Waals surface area contributed by atoms with Crippen molar-refractivity contribution in [3.63, 3.8) is 0 Å². The first-order chi connectivity index (χ1) is 9.15.